The predicted molar refractivity (Wildman–Crippen MR) is 113 cm³/mol. The van der Waals surface area contributed by atoms with E-state index in [1.807, 2.05) is 43.3 Å². The van der Waals surface area contributed by atoms with Crippen molar-refractivity contribution in [2.75, 3.05) is 11.4 Å². The van der Waals surface area contributed by atoms with Crippen LogP contribution in [-0.2, 0) is 34.4 Å². The van der Waals surface area contributed by atoms with Crippen molar-refractivity contribution in [1.29, 1.82) is 0 Å². The Morgan fingerprint density at radius 1 is 1.10 bits per heavy atom. The summed E-state index contributed by atoms with van der Waals surface area (Å²) in [5, 5.41) is 2.83. The minimum Gasteiger partial charge on any atom is -0.319 e. The number of imide groups is 1. The summed E-state index contributed by atoms with van der Waals surface area (Å²) in [7, 11) is 0. The first-order valence-corrected chi connectivity index (χ1v) is 10.5. The van der Waals surface area contributed by atoms with Gasteiger partial charge in [0.15, 0.2) is 0 Å². The highest BCUT2D eigenvalue weighted by molar-refractivity contribution is 6.11. The molecule has 2 aromatic rings. The second-order valence-electron chi connectivity index (χ2n) is 8.73. The van der Waals surface area contributed by atoms with Gasteiger partial charge in [-0.15, -0.1) is 0 Å². The molecule has 0 saturated carbocycles. The van der Waals surface area contributed by atoms with E-state index in [1.54, 1.807) is 11.8 Å². The van der Waals surface area contributed by atoms with E-state index in [-0.39, 0.29) is 24.4 Å². The van der Waals surface area contributed by atoms with Crippen molar-refractivity contribution in [3.05, 3.63) is 64.7 Å². The molecule has 3 aliphatic rings. The third kappa shape index (κ3) is 2.74. The van der Waals surface area contributed by atoms with Gasteiger partial charge in [-0.3, -0.25) is 14.5 Å². The molecule has 2 atom stereocenters. The lowest BCUT2D eigenvalue weighted by Crippen LogP contribution is -2.46. The maximum atomic E-state index is 13.3. The van der Waals surface area contributed by atoms with Gasteiger partial charge in [0, 0.05) is 11.7 Å². The number of para-hydroxylation sites is 1. The topological polar surface area (TPSA) is 69.7 Å². The van der Waals surface area contributed by atoms with Crippen molar-refractivity contribution in [3.63, 3.8) is 0 Å². The van der Waals surface area contributed by atoms with Gasteiger partial charge >= 0.3 is 6.03 Å². The van der Waals surface area contributed by atoms with Gasteiger partial charge in [0.25, 0.3) is 5.91 Å². The molecule has 1 N–H and O–H groups in total. The van der Waals surface area contributed by atoms with Crippen molar-refractivity contribution < 1.29 is 14.4 Å². The van der Waals surface area contributed by atoms with Crippen LogP contribution < -0.4 is 10.2 Å². The summed E-state index contributed by atoms with van der Waals surface area (Å²) in [4.78, 5) is 41.9. The van der Waals surface area contributed by atoms with E-state index < -0.39 is 11.6 Å². The fraction of sp³-hybridized carbons (Fsp3) is 0.375. The number of urea groups is 1. The molecule has 0 spiro atoms. The molecule has 0 radical (unpaired) electrons. The number of rotatable bonds is 3. The largest absolute Gasteiger partial charge is 0.325 e. The van der Waals surface area contributed by atoms with Crippen LogP contribution in [0.1, 0.15) is 42.5 Å². The third-order valence-electron chi connectivity index (χ3n) is 6.72. The van der Waals surface area contributed by atoms with Crippen molar-refractivity contribution in [3.8, 4) is 0 Å². The Morgan fingerprint density at radius 3 is 2.70 bits per heavy atom. The first-order valence-electron chi connectivity index (χ1n) is 10.5. The fourth-order valence-corrected chi connectivity index (χ4v) is 5.08. The average Bonchev–Trinajstić information content (AvgIpc) is 3.38. The van der Waals surface area contributed by atoms with Gasteiger partial charge in [0.05, 0.1) is 0 Å². The minimum absolute atomic E-state index is 0.00115. The molecule has 6 nitrogen and oxygen atoms in total. The predicted octanol–water partition coefficient (Wildman–Crippen LogP) is 2.92. The molecule has 0 unspecified atom stereocenters. The highest BCUT2D eigenvalue weighted by Gasteiger charge is 2.50. The molecule has 2 aliphatic heterocycles. The van der Waals surface area contributed by atoms with E-state index in [2.05, 4.69) is 11.4 Å². The van der Waals surface area contributed by atoms with E-state index >= 15 is 0 Å². The fourth-order valence-electron chi connectivity index (χ4n) is 5.08. The van der Waals surface area contributed by atoms with Crippen LogP contribution in [0.4, 0.5) is 10.5 Å². The minimum atomic E-state index is -1.15. The standard InChI is InChI=1S/C24H25N3O3/c1-15-12-18-6-3-4-9-20(18)27(15)21(28)14-26-22(29)24(2,25-23(26)30)19-11-10-16-7-5-8-17(16)13-19/h3-4,6,9-11,13,15H,5,7-8,12,14H2,1-2H3,(H,25,30)/t15-,24-/m0/s1. The molecular weight excluding hydrogens is 378 g/mol. The lowest BCUT2D eigenvalue weighted by Gasteiger charge is -2.26. The Morgan fingerprint density at radius 2 is 1.87 bits per heavy atom. The van der Waals surface area contributed by atoms with E-state index in [9.17, 15) is 14.4 Å². The summed E-state index contributed by atoms with van der Waals surface area (Å²) < 4.78 is 0. The molecule has 1 aliphatic carbocycles. The zero-order valence-corrected chi connectivity index (χ0v) is 17.3. The molecule has 4 amide bonds. The van der Waals surface area contributed by atoms with Crippen LogP contribution in [0.2, 0.25) is 0 Å². The maximum Gasteiger partial charge on any atom is 0.325 e. The zero-order valence-electron chi connectivity index (χ0n) is 17.3. The number of fused-ring (bicyclic) bond motifs is 2. The van der Waals surface area contributed by atoms with Crippen LogP contribution in [0.15, 0.2) is 42.5 Å². The van der Waals surface area contributed by atoms with Crippen LogP contribution in [0.3, 0.4) is 0 Å². The van der Waals surface area contributed by atoms with Crippen molar-refractivity contribution in [2.45, 2.75) is 51.1 Å². The number of hydrogen-bond donors (Lipinski definition) is 1. The van der Waals surface area contributed by atoms with Crippen LogP contribution >= 0.6 is 0 Å². The highest BCUT2D eigenvalue weighted by atomic mass is 16.2. The van der Waals surface area contributed by atoms with Gasteiger partial charge in [-0.05, 0) is 67.9 Å². The molecule has 0 bridgehead atoms. The SMILES string of the molecule is C[C@H]1Cc2ccccc2N1C(=O)CN1C(=O)N[C@@](C)(c2ccc3c(c2)CCC3)C1=O. The number of carbonyl (C=O) groups is 3. The number of hydrogen-bond acceptors (Lipinski definition) is 3. The van der Waals surface area contributed by atoms with E-state index in [0.29, 0.717) is 0 Å². The van der Waals surface area contributed by atoms with Gasteiger partial charge in [0.2, 0.25) is 5.91 Å². The number of carbonyl (C=O) groups excluding carboxylic acids is 3. The lowest BCUT2D eigenvalue weighted by molar-refractivity contribution is -0.134. The van der Waals surface area contributed by atoms with Gasteiger partial charge < -0.3 is 10.2 Å². The summed E-state index contributed by atoms with van der Waals surface area (Å²) in [6.45, 7) is 3.45. The van der Waals surface area contributed by atoms with Crippen molar-refractivity contribution in [2.24, 2.45) is 0 Å². The van der Waals surface area contributed by atoms with Gasteiger partial charge in [-0.2, -0.15) is 0 Å². The third-order valence-corrected chi connectivity index (χ3v) is 6.72. The van der Waals surface area contributed by atoms with Crippen molar-refractivity contribution in [1.82, 2.24) is 10.2 Å². The molecule has 154 valence electrons. The van der Waals surface area contributed by atoms with E-state index in [4.69, 9.17) is 0 Å². The van der Waals surface area contributed by atoms with Crippen LogP contribution in [0, 0.1) is 0 Å². The number of benzene rings is 2. The molecule has 1 fully saturated rings. The van der Waals surface area contributed by atoms with Crippen LogP contribution in [0.5, 0.6) is 0 Å². The summed E-state index contributed by atoms with van der Waals surface area (Å²) in [6.07, 6.45) is 3.94. The molecule has 2 heterocycles. The van der Waals surface area contributed by atoms with E-state index in [1.165, 1.54) is 11.1 Å². The second-order valence-corrected chi connectivity index (χ2v) is 8.73. The van der Waals surface area contributed by atoms with Gasteiger partial charge in [-0.25, -0.2) is 4.79 Å². The van der Waals surface area contributed by atoms with Gasteiger partial charge in [-0.1, -0.05) is 36.4 Å². The Hall–Kier alpha value is -3.15. The number of anilines is 1. The average molecular weight is 403 g/mol. The first kappa shape index (κ1) is 18.9. The Kier molecular flexibility index (Phi) is 4.20. The van der Waals surface area contributed by atoms with E-state index in [0.717, 1.165) is 47.4 Å². The number of amides is 4. The van der Waals surface area contributed by atoms with Crippen molar-refractivity contribution >= 4 is 23.5 Å². The second kappa shape index (κ2) is 6.69. The molecule has 5 rings (SSSR count). The summed E-state index contributed by atoms with van der Waals surface area (Å²) in [5.41, 5.74) is 4.16. The molecule has 1 saturated heterocycles. The Balaban J connectivity index is 1.39. The lowest BCUT2D eigenvalue weighted by atomic mass is 9.89. The summed E-state index contributed by atoms with van der Waals surface area (Å²) in [6, 6.07) is 13.3. The number of aryl methyl sites for hydroxylation is 2. The zero-order chi connectivity index (χ0) is 21.0. The molecule has 2 aromatic carbocycles. The molecule has 30 heavy (non-hydrogen) atoms. The quantitative estimate of drug-likeness (QED) is 0.801. The summed E-state index contributed by atoms with van der Waals surface area (Å²) in [5.74, 6) is -0.618. The molecular formula is C24H25N3O3. The van der Waals surface area contributed by atoms with Gasteiger partial charge in [0.1, 0.15) is 12.1 Å². The molecule has 0 aromatic heterocycles. The smallest absolute Gasteiger partial charge is 0.319 e. The van der Waals surface area contributed by atoms with Crippen LogP contribution in [0.25, 0.3) is 0 Å². The Bertz CT molecular complexity index is 1080. The monoisotopic (exact) mass is 403 g/mol. The molecule has 6 heteroatoms. The first-order chi connectivity index (χ1) is 14.4. The number of nitrogens with one attached hydrogen (secondary N) is 1. The number of nitrogens with zero attached hydrogens (tertiary/aromatic N) is 2. The normalized spacial score (nSPS) is 24.8. The highest BCUT2D eigenvalue weighted by Crippen LogP contribution is 2.34. The van der Waals surface area contributed by atoms with Crippen LogP contribution in [-0.4, -0.2) is 35.3 Å². The maximum absolute atomic E-state index is 13.3. The summed E-state index contributed by atoms with van der Waals surface area (Å²) >= 11 is 0. The Labute approximate surface area is 175 Å².